The van der Waals surface area contributed by atoms with Gasteiger partial charge in [0.2, 0.25) is 0 Å². The molecule has 0 heterocycles. The van der Waals surface area contributed by atoms with E-state index in [0.29, 0.717) is 0 Å². The van der Waals surface area contributed by atoms with Crippen LogP contribution in [0.2, 0.25) is 0 Å². The van der Waals surface area contributed by atoms with Gasteiger partial charge in [-0.3, -0.25) is 23.5 Å². The van der Waals surface area contributed by atoms with Gasteiger partial charge in [-0.25, -0.2) is 0 Å². The van der Waals surface area contributed by atoms with Crippen LogP contribution in [0.5, 0.6) is 0 Å². The minimum atomic E-state index is 0. The fraction of sp³-hybridized carbons (Fsp3) is 0.667. The van der Waals surface area contributed by atoms with Gasteiger partial charge in [0.1, 0.15) is 0 Å². The van der Waals surface area contributed by atoms with Gasteiger partial charge in [-0.2, -0.15) is 0 Å². The van der Waals surface area contributed by atoms with Gasteiger partial charge in [0.25, 0.3) is 0 Å². The van der Waals surface area contributed by atoms with Crippen LogP contribution in [0.1, 0.15) is 319 Å². The first kappa shape index (κ1) is 94.9. The van der Waals surface area contributed by atoms with Gasteiger partial charge in [-0.1, -0.05) is 383 Å². The summed E-state index contributed by atoms with van der Waals surface area (Å²) in [6.07, 6.45) is 63.9. The lowest BCUT2D eigenvalue weighted by atomic mass is 9.78. The van der Waals surface area contributed by atoms with Crippen molar-refractivity contribution in [3.63, 3.8) is 0 Å². The molecule has 0 atom stereocenters. The fourth-order valence-electron chi connectivity index (χ4n) is 16.6. The zero-order valence-corrected chi connectivity index (χ0v) is 67.3. The van der Waals surface area contributed by atoms with Crippen molar-refractivity contribution in [2.45, 2.75) is 348 Å². The lowest BCUT2D eigenvalue weighted by molar-refractivity contribution is 0.250. The molecule has 0 aromatic heterocycles. The zero-order valence-electron chi connectivity index (χ0n) is 63.2. The Labute approximate surface area is 638 Å². The van der Waals surface area contributed by atoms with E-state index in [4.69, 9.17) is 63.1 Å². The summed E-state index contributed by atoms with van der Waals surface area (Å²) < 4.78 is 0. The average molecular weight is 1480 g/mol. The molecular formula is C90H140F5S5. The van der Waals surface area contributed by atoms with E-state index in [2.05, 4.69) is 156 Å². The van der Waals surface area contributed by atoms with Crippen molar-refractivity contribution in [2.24, 2.45) is 59.2 Å². The number of hydrogen-bond donors (Lipinski definition) is 0. The number of aryl methyl sites for hydroxylation is 5. The molecule has 0 N–H and O–H groups in total. The van der Waals surface area contributed by atoms with Gasteiger partial charge >= 0.3 is 0 Å². The van der Waals surface area contributed by atoms with E-state index in [9.17, 15) is 0 Å². The second kappa shape index (κ2) is 58.1. The Balaban J connectivity index is 0.000000617. The molecule has 10 heteroatoms. The summed E-state index contributed by atoms with van der Waals surface area (Å²) in [5, 5.41) is 0. The monoisotopic (exact) mass is 1480 g/mol. The second-order valence-electron chi connectivity index (χ2n) is 31.1. The quantitative estimate of drug-likeness (QED) is 0.0402. The number of benzene rings is 5. The SMILES string of the molecule is CCCC[C@H]1CC[C@H](CCc2ccc([S])cc2)CC1.CCCC[C@H]1CC[C@H](CCc2ccc([S])cc2)CC1.CCCC[C@H]1CC[C@H](CCc2ccc([S])cc2)CC1.CCCC[C@H]1CC[C@H](CCc2ccc([S])cc2)CC1.CCCC[C@H]1CC[C@H](CCc2ccc([S])cc2)CC1.F.F.F.F.F. The van der Waals surface area contributed by atoms with Crippen LogP contribution in [0.4, 0.5) is 23.5 Å². The average Bonchev–Trinajstić information content (AvgIpc) is 1.06. The topological polar surface area (TPSA) is 0 Å². The van der Waals surface area contributed by atoms with E-state index >= 15 is 0 Å². The van der Waals surface area contributed by atoms with E-state index in [1.165, 1.54) is 317 Å². The standard InChI is InChI=1S/5C18H27S.5FH/c5*1-2-3-4-15-5-7-16(8-6-15)9-10-17-11-13-18(19)14-12-17;;;;;/h5*11-16H,2-10H2,1H3;5*1H/t5*15-,16-;;;;;. The highest BCUT2D eigenvalue weighted by atomic mass is 32.1. The molecular weight excluding hydrogens is 1340 g/mol. The molecule has 565 valence electrons. The highest BCUT2D eigenvalue weighted by Crippen LogP contribution is 2.39. The first-order valence-corrected chi connectivity index (χ1v) is 42.2. The fourth-order valence-corrected chi connectivity index (χ4v) is 17.3. The van der Waals surface area contributed by atoms with Crippen LogP contribution >= 0.6 is 63.1 Å². The summed E-state index contributed by atoms with van der Waals surface area (Å²) in [5.74, 6) is 10.1. The van der Waals surface area contributed by atoms with Crippen molar-refractivity contribution in [1.29, 1.82) is 0 Å². The minimum absolute atomic E-state index is 0. The van der Waals surface area contributed by atoms with Crippen LogP contribution in [0.25, 0.3) is 0 Å². The molecule has 5 fully saturated rings. The van der Waals surface area contributed by atoms with Crippen LogP contribution in [0.3, 0.4) is 0 Å². The zero-order chi connectivity index (χ0) is 67.5. The first-order chi connectivity index (χ1) is 46.4. The molecule has 5 aliphatic rings. The van der Waals surface area contributed by atoms with Gasteiger partial charge in [0.05, 0.1) is 0 Å². The molecule has 5 radical (unpaired) electrons. The van der Waals surface area contributed by atoms with Crippen molar-refractivity contribution in [1.82, 2.24) is 0 Å². The third-order valence-corrected chi connectivity index (χ3v) is 24.8. The molecule has 100 heavy (non-hydrogen) atoms. The van der Waals surface area contributed by atoms with Crippen molar-refractivity contribution >= 4 is 63.1 Å². The van der Waals surface area contributed by atoms with Crippen molar-refractivity contribution in [3.05, 3.63) is 149 Å². The van der Waals surface area contributed by atoms with E-state index < -0.39 is 0 Å². The number of hydrogen-bond acceptors (Lipinski definition) is 0. The Morgan fingerprint density at radius 3 is 0.410 bits per heavy atom. The molecule has 0 nitrogen and oxygen atoms in total. The Bertz CT molecular complexity index is 2190. The summed E-state index contributed by atoms with van der Waals surface area (Å²) in [4.78, 5) is 4.79. The molecule has 5 aromatic carbocycles. The summed E-state index contributed by atoms with van der Waals surface area (Å²) >= 11 is 25.6. The summed E-state index contributed by atoms with van der Waals surface area (Å²) in [7, 11) is 0. The molecule has 5 aliphatic carbocycles. The van der Waals surface area contributed by atoms with Gasteiger partial charge in [-0.15, -0.1) is 0 Å². The molecule has 0 aliphatic heterocycles. The highest BCUT2D eigenvalue weighted by molar-refractivity contribution is 7.81. The van der Waals surface area contributed by atoms with Crippen LogP contribution in [0.15, 0.2) is 146 Å². The summed E-state index contributed by atoms with van der Waals surface area (Å²) in [6.45, 7) is 11.5. The maximum Gasteiger partial charge on any atom is 0.0377 e. The first-order valence-electron chi connectivity index (χ1n) is 40.2. The summed E-state index contributed by atoms with van der Waals surface area (Å²) in [5.41, 5.74) is 7.30. The minimum Gasteiger partial charge on any atom is -0.269 e. The normalized spacial score (nSPS) is 22.2. The molecule has 0 spiro atoms. The number of halogens is 5. The lowest BCUT2D eigenvalue weighted by Crippen LogP contribution is -2.15. The molecule has 10 rings (SSSR count). The molecule has 0 bridgehead atoms. The van der Waals surface area contributed by atoms with Crippen LogP contribution in [-0.2, 0) is 32.1 Å². The van der Waals surface area contributed by atoms with Crippen molar-refractivity contribution < 1.29 is 23.5 Å². The van der Waals surface area contributed by atoms with Gasteiger partial charge in [0, 0.05) is 24.5 Å². The van der Waals surface area contributed by atoms with Crippen molar-refractivity contribution in [3.8, 4) is 0 Å². The third-order valence-electron chi connectivity index (χ3n) is 23.5. The van der Waals surface area contributed by atoms with Gasteiger partial charge in [0.15, 0.2) is 0 Å². The Hall–Kier alpha value is -3.15. The highest BCUT2D eigenvalue weighted by Gasteiger charge is 2.25. The number of unbranched alkanes of at least 4 members (excludes halogenated alkanes) is 5. The van der Waals surface area contributed by atoms with Gasteiger partial charge in [-0.05, 0) is 212 Å². The van der Waals surface area contributed by atoms with Crippen LogP contribution in [-0.4, -0.2) is 0 Å². The molecule has 0 amide bonds. The molecule has 0 unspecified atom stereocenters. The van der Waals surface area contributed by atoms with E-state index in [-0.39, 0.29) is 23.5 Å². The van der Waals surface area contributed by atoms with Crippen LogP contribution in [0, 0.1) is 59.2 Å². The summed E-state index contributed by atoms with van der Waals surface area (Å²) in [6, 6.07) is 42.7. The Kier molecular flexibility index (Phi) is 55.1. The smallest absolute Gasteiger partial charge is 0.0377 e. The maximum absolute atomic E-state index is 5.13. The lowest BCUT2D eigenvalue weighted by Gasteiger charge is -2.28. The predicted molar refractivity (Wildman–Crippen MR) is 440 cm³/mol. The van der Waals surface area contributed by atoms with E-state index in [0.717, 1.165) is 83.7 Å². The van der Waals surface area contributed by atoms with Crippen molar-refractivity contribution in [2.75, 3.05) is 0 Å². The van der Waals surface area contributed by atoms with E-state index in [1.54, 1.807) is 0 Å². The van der Waals surface area contributed by atoms with Gasteiger partial charge < -0.3 is 0 Å². The Morgan fingerprint density at radius 2 is 0.300 bits per heavy atom. The maximum atomic E-state index is 5.13. The molecule has 5 aromatic rings. The Morgan fingerprint density at radius 1 is 0.190 bits per heavy atom. The van der Waals surface area contributed by atoms with E-state index in [1.807, 2.05) is 0 Å². The molecule has 0 saturated heterocycles. The third kappa shape index (κ3) is 41.5. The largest absolute Gasteiger partial charge is 0.269 e. The van der Waals surface area contributed by atoms with Crippen LogP contribution < -0.4 is 0 Å². The molecule has 5 saturated carbocycles. The second-order valence-corrected chi connectivity index (χ2v) is 33.4. The predicted octanol–water partition coefficient (Wildman–Crippen LogP) is 31.6. The number of rotatable bonds is 30.